The van der Waals surface area contributed by atoms with Gasteiger partial charge in [-0.15, -0.1) is 0 Å². The van der Waals surface area contributed by atoms with Gasteiger partial charge in [0, 0.05) is 18.5 Å². The minimum Gasteiger partial charge on any atom is -0.372 e. The van der Waals surface area contributed by atoms with E-state index in [1.165, 1.54) is 31.2 Å². The maximum Gasteiger partial charge on any atom is 0.161 e. The quantitative estimate of drug-likeness (QED) is 0.858. The van der Waals surface area contributed by atoms with E-state index in [1.54, 1.807) is 0 Å². The lowest BCUT2D eigenvalue weighted by atomic mass is 10.0. The van der Waals surface area contributed by atoms with Gasteiger partial charge in [0.25, 0.3) is 0 Å². The second-order valence-corrected chi connectivity index (χ2v) is 6.49. The highest BCUT2D eigenvalue weighted by Crippen LogP contribution is 2.39. The van der Waals surface area contributed by atoms with Crippen LogP contribution in [0.2, 0.25) is 0 Å². The highest BCUT2D eigenvalue weighted by molar-refractivity contribution is 9.10. The molecule has 1 aromatic carbocycles. The third kappa shape index (κ3) is 2.95. The van der Waals surface area contributed by atoms with Crippen LogP contribution in [0, 0.1) is 6.92 Å². The van der Waals surface area contributed by atoms with Gasteiger partial charge in [0.1, 0.15) is 5.82 Å². The fourth-order valence-electron chi connectivity index (χ4n) is 2.93. The van der Waals surface area contributed by atoms with Crippen molar-refractivity contribution >= 4 is 21.7 Å². The smallest absolute Gasteiger partial charge is 0.161 e. The fraction of sp³-hybridized carbons (Fsp3) is 0.412. The van der Waals surface area contributed by atoms with Gasteiger partial charge in [-0.05, 0) is 35.7 Å². The van der Waals surface area contributed by atoms with E-state index >= 15 is 0 Å². The molecule has 1 fully saturated rings. The molecular weight excluding hydrogens is 326 g/mol. The van der Waals surface area contributed by atoms with Crippen molar-refractivity contribution in [1.29, 1.82) is 0 Å². The summed E-state index contributed by atoms with van der Waals surface area (Å²) in [7, 11) is 1.91. The molecule has 0 atom stereocenters. The summed E-state index contributed by atoms with van der Waals surface area (Å²) in [5.41, 5.74) is 3.48. The summed E-state index contributed by atoms with van der Waals surface area (Å²) in [4.78, 5) is 9.52. The molecule has 1 N–H and O–H groups in total. The van der Waals surface area contributed by atoms with Gasteiger partial charge >= 0.3 is 0 Å². The first-order chi connectivity index (χ1) is 10.2. The predicted molar refractivity (Wildman–Crippen MR) is 90.7 cm³/mol. The number of nitrogens with one attached hydrogen (secondary N) is 1. The number of rotatable bonds is 3. The maximum absolute atomic E-state index is 4.86. The summed E-state index contributed by atoms with van der Waals surface area (Å²) in [6.07, 6.45) is 5.06. The molecule has 3 rings (SSSR count). The van der Waals surface area contributed by atoms with Crippen LogP contribution in [0.25, 0.3) is 11.4 Å². The zero-order chi connectivity index (χ0) is 14.8. The van der Waals surface area contributed by atoms with E-state index in [4.69, 9.17) is 4.98 Å². The standard InChI is InChI=1S/C17H20BrN3/c1-11-7-9-13(10-8-11)16-20-15(12-5-3-4-6-12)14(18)17(19-2)21-16/h7-10,12H,3-6H2,1-2H3,(H,19,20,21). The molecule has 1 heterocycles. The van der Waals surface area contributed by atoms with Crippen LogP contribution >= 0.6 is 15.9 Å². The number of hydrogen-bond donors (Lipinski definition) is 1. The molecule has 1 aliphatic carbocycles. The van der Waals surface area contributed by atoms with Gasteiger partial charge in [-0.1, -0.05) is 42.7 Å². The van der Waals surface area contributed by atoms with E-state index in [9.17, 15) is 0 Å². The zero-order valence-electron chi connectivity index (χ0n) is 12.5. The molecule has 1 saturated carbocycles. The van der Waals surface area contributed by atoms with Crippen molar-refractivity contribution in [2.75, 3.05) is 12.4 Å². The van der Waals surface area contributed by atoms with Crippen LogP contribution in [-0.4, -0.2) is 17.0 Å². The Bertz CT molecular complexity index is 631. The average Bonchev–Trinajstić information content (AvgIpc) is 3.02. The van der Waals surface area contributed by atoms with Crippen LogP contribution in [-0.2, 0) is 0 Å². The summed E-state index contributed by atoms with van der Waals surface area (Å²) in [5, 5.41) is 3.18. The number of benzene rings is 1. The molecule has 0 saturated heterocycles. The van der Waals surface area contributed by atoms with Crippen LogP contribution in [0.3, 0.4) is 0 Å². The van der Waals surface area contributed by atoms with E-state index in [1.807, 2.05) is 7.05 Å². The molecule has 0 radical (unpaired) electrons. The number of aryl methyl sites for hydroxylation is 1. The van der Waals surface area contributed by atoms with Crippen LogP contribution in [0.1, 0.15) is 42.9 Å². The highest BCUT2D eigenvalue weighted by Gasteiger charge is 2.23. The van der Waals surface area contributed by atoms with E-state index in [0.717, 1.165) is 27.4 Å². The third-order valence-corrected chi connectivity index (χ3v) is 4.95. The molecule has 0 bridgehead atoms. The normalized spacial score (nSPS) is 15.4. The fourth-order valence-corrected chi connectivity index (χ4v) is 3.63. The Kier molecular flexibility index (Phi) is 4.24. The molecule has 0 unspecified atom stereocenters. The molecule has 0 amide bonds. The largest absolute Gasteiger partial charge is 0.372 e. The SMILES string of the molecule is CNc1nc(-c2ccc(C)cc2)nc(C2CCCC2)c1Br. The first-order valence-corrected chi connectivity index (χ1v) is 8.30. The molecule has 3 nitrogen and oxygen atoms in total. The van der Waals surface area contributed by atoms with Gasteiger partial charge in [0.15, 0.2) is 5.82 Å². The summed E-state index contributed by atoms with van der Waals surface area (Å²) < 4.78 is 1.02. The summed E-state index contributed by atoms with van der Waals surface area (Å²) in [6.45, 7) is 2.09. The summed E-state index contributed by atoms with van der Waals surface area (Å²) in [6, 6.07) is 8.40. The molecule has 4 heteroatoms. The maximum atomic E-state index is 4.86. The van der Waals surface area contributed by atoms with Crippen molar-refractivity contribution < 1.29 is 0 Å². The van der Waals surface area contributed by atoms with Crippen molar-refractivity contribution in [3.05, 3.63) is 40.0 Å². The Morgan fingerprint density at radius 2 is 1.76 bits per heavy atom. The van der Waals surface area contributed by atoms with Crippen molar-refractivity contribution in [3.8, 4) is 11.4 Å². The van der Waals surface area contributed by atoms with E-state index in [-0.39, 0.29) is 0 Å². The minimum absolute atomic E-state index is 0.554. The third-order valence-electron chi connectivity index (χ3n) is 4.17. The Morgan fingerprint density at radius 1 is 1.10 bits per heavy atom. The lowest BCUT2D eigenvalue weighted by Gasteiger charge is -2.15. The molecule has 1 aromatic heterocycles. The molecule has 21 heavy (non-hydrogen) atoms. The van der Waals surface area contributed by atoms with Crippen LogP contribution in [0.15, 0.2) is 28.7 Å². The van der Waals surface area contributed by atoms with Crippen molar-refractivity contribution in [3.63, 3.8) is 0 Å². The van der Waals surface area contributed by atoms with Crippen LogP contribution in [0.5, 0.6) is 0 Å². The first-order valence-electron chi connectivity index (χ1n) is 7.51. The van der Waals surface area contributed by atoms with Gasteiger partial charge in [-0.2, -0.15) is 0 Å². The second kappa shape index (κ2) is 6.14. The lowest BCUT2D eigenvalue weighted by molar-refractivity contribution is 0.691. The molecular formula is C17H20BrN3. The Hall–Kier alpha value is -1.42. The molecule has 2 aromatic rings. The van der Waals surface area contributed by atoms with Gasteiger partial charge in [-0.25, -0.2) is 9.97 Å². The van der Waals surface area contributed by atoms with Gasteiger partial charge < -0.3 is 5.32 Å². The summed E-state index contributed by atoms with van der Waals surface area (Å²) in [5.74, 6) is 2.24. The zero-order valence-corrected chi connectivity index (χ0v) is 14.1. The van der Waals surface area contributed by atoms with Gasteiger partial charge in [-0.3, -0.25) is 0 Å². The van der Waals surface area contributed by atoms with Crippen molar-refractivity contribution in [2.24, 2.45) is 0 Å². The van der Waals surface area contributed by atoms with E-state index < -0.39 is 0 Å². The van der Waals surface area contributed by atoms with Crippen LogP contribution < -0.4 is 5.32 Å². The van der Waals surface area contributed by atoms with Gasteiger partial charge in [0.05, 0.1) is 10.2 Å². The van der Waals surface area contributed by atoms with Crippen molar-refractivity contribution in [1.82, 2.24) is 9.97 Å². The van der Waals surface area contributed by atoms with Gasteiger partial charge in [0.2, 0.25) is 0 Å². The lowest BCUT2D eigenvalue weighted by Crippen LogP contribution is -2.06. The number of anilines is 1. The van der Waals surface area contributed by atoms with Crippen LogP contribution in [0.4, 0.5) is 5.82 Å². The number of hydrogen-bond acceptors (Lipinski definition) is 3. The number of halogens is 1. The van der Waals surface area contributed by atoms with E-state index in [2.05, 4.69) is 57.4 Å². The highest BCUT2D eigenvalue weighted by atomic mass is 79.9. The minimum atomic E-state index is 0.554. The first kappa shape index (κ1) is 14.5. The van der Waals surface area contributed by atoms with E-state index in [0.29, 0.717) is 5.92 Å². The summed E-state index contributed by atoms with van der Waals surface area (Å²) >= 11 is 3.68. The monoisotopic (exact) mass is 345 g/mol. The van der Waals surface area contributed by atoms with Crippen molar-refractivity contribution in [2.45, 2.75) is 38.5 Å². The Balaban J connectivity index is 2.08. The second-order valence-electron chi connectivity index (χ2n) is 5.69. The molecule has 0 spiro atoms. The number of nitrogens with zero attached hydrogens (tertiary/aromatic N) is 2. The predicted octanol–water partition coefficient (Wildman–Crippen LogP) is 4.91. The molecule has 110 valence electrons. The number of aromatic nitrogens is 2. The average molecular weight is 346 g/mol. The Labute approximate surface area is 134 Å². The topological polar surface area (TPSA) is 37.8 Å². The molecule has 0 aliphatic heterocycles. The molecule has 1 aliphatic rings. The Morgan fingerprint density at radius 3 is 2.38 bits per heavy atom.